The summed E-state index contributed by atoms with van der Waals surface area (Å²) in [5.41, 5.74) is 0.973. The van der Waals surface area contributed by atoms with Crippen LogP contribution in [0.2, 0.25) is 0 Å². The molecule has 1 fully saturated rings. The van der Waals surface area contributed by atoms with Crippen LogP contribution in [0.3, 0.4) is 0 Å². The Balaban J connectivity index is 2.09. The Morgan fingerprint density at radius 3 is 2.93 bits per heavy atom. The van der Waals surface area contributed by atoms with Crippen molar-refractivity contribution in [3.05, 3.63) is 35.6 Å². The molecule has 0 unspecified atom stereocenters. The first-order chi connectivity index (χ1) is 6.79. The van der Waals surface area contributed by atoms with Crippen LogP contribution in [-0.4, -0.2) is 17.8 Å². The third-order valence-corrected chi connectivity index (χ3v) is 2.71. The molecule has 2 nitrogen and oxygen atoms in total. The molecule has 0 amide bonds. The van der Waals surface area contributed by atoms with Gasteiger partial charge in [-0.2, -0.15) is 0 Å². The molecule has 14 heavy (non-hydrogen) atoms. The van der Waals surface area contributed by atoms with Crippen molar-refractivity contribution in [2.45, 2.75) is 24.9 Å². The van der Waals surface area contributed by atoms with Gasteiger partial charge in [0.1, 0.15) is 5.82 Å². The second-order valence-electron chi connectivity index (χ2n) is 3.73. The molecule has 2 atom stereocenters. The van der Waals surface area contributed by atoms with Gasteiger partial charge in [0.05, 0.1) is 6.61 Å². The van der Waals surface area contributed by atoms with Gasteiger partial charge in [0.2, 0.25) is 0 Å². The molecule has 1 aliphatic rings. The van der Waals surface area contributed by atoms with E-state index in [9.17, 15) is 4.39 Å². The van der Waals surface area contributed by atoms with E-state index in [0.29, 0.717) is 0 Å². The lowest BCUT2D eigenvalue weighted by molar-refractivity contribution is 0.251. The number of benzene rings is 1. The summed E-state index contributed by atoms with van der Waals surface area (Å²) in [6.07, 6.45) is 1.92. The van der Waals surface area contributed by atoms with Gasteiger partial charge in [-0.3, -0.25) is 0 Å². The van der Waals surface area contributed by atoms with E-state index in [1.54, 1.807) is 12.1 Å². The molecule has 1 saturated heterocycles. The van der Waals surface area contributed by atoms with Crippen molar-refractivity contribution < 1.29 is 9.50 Å². The van der Waals surface area contributed by atoms with Crippen LogP contribution in [0.4, 0.5) is 4.39 Å². The van der Waals surface area contributed by atoms with E-state index in [1.807, 2.05) is 6.07 Å². The maximum atomic E-state index is 12.9. The van der Waals surface area contributed by atoms with Gasteiger partial charge in [-0.1, -0.05) is 12.1 Å². The molecular formula is C11H14FNO. The summed E-state index contributed by atoms with van der Waals surface area (Å²) in [7, 11) is 0. The predicted octanol–water partition coefficient (Wildman–Crippen LogP) is 1.61. The van der Waals surface area contributed by atoms with Gasteiger partial charge in [0.25, 0.3) is 0 Å². The van der Waals surface area contributed by atoms with Gasteiger partial charge in [0.15, 0.2) is 0 Å². The monoisotopic (exact) mass is 195 g/mol. The molecule has 1 aromatic rings. The lowest BCUT2D eigenvalue weighted by Crippen LogP contribution is -2.27. The van der Waals surface area contributed by atoms with Crippen LogP contribution in [0, 0.1) is 5.82 Å². The number of aliphatic hydroxyl groups excluding tert-OH is 1. The van der Waals surface area contributed by atoms with E-state index in [-0.39, 0.29) is 24.5 Å². The highest BCUT2D eigenvalue weighted by atomic mass is 19.1. The minimum atomic E-state index is -0.197. The quantitative estimate of drug-likeness (QED) is 0.751. The van der Waals surface area contributed by atoms with Gasteiger partial charge in [0, 0.05) is 12.1 Å². The molecule has 1 aliphatic heterocycles. The Hall–Kier alpha value is -0.930. The molecule has 1 heterocycles. The highest BCUT2D eigenvalue weighted by Crippen LogP contribution is 2.26. The van der Waals surface area contributed by atoms with Crippen LogP contribution in [-0.2, 0) is 0 Å². The van der Waals surface area contributed by atoms with E-state index in [4.69, 9.17) is 5.11 Å². The molecule has 0 radical (unpaired) electrons. The zero-order chi connectivity index (χ0) is 9.97. The molecule has 0 bridgehead atoms. The average Bonchev–Trinajstić information content (AvgIpc) is 2.66. The summed E-state index contributed by atoms with van der Waals surface area (Å²) in [5, 5.41) is 12.2. The number of hydrogen-bond donors (Lipinski definition) is 2. The maximum absolute atomic E-state index is 12.9. The summed E-state index contributed by atoms with van der Waals surface area (Å²) in [6, 6.07) is 7.00. The minimum absolute atomic E-state index is 0.159. The molecule has 0 spiro atoms. The normalized spacial score (nSPS) is 26.7. The molecule has 76 valence electrons. The summed E-state index contributed by atoms with van der Waals surface area (Å²) >= 11 is 0. The first-order valence-electron chi connectivity index (χ1n) is 4.92. The Labute approximate surface area is 82.8 Å². The van der Waals surface area contributed by atoms with Crippen LogP contribution < -0.4 is 5.32 Å². The lowest BCUT2D eigenvalue weighted by atomic mass is 10.1. The highest BCUT2D eigenvalue weighted by Gasteiger charge is 2.24. The van der Waals surface area contributed by atoms with Crippen molar-refractivity contribution in [1.29, 1.82) is 0 Å². The second kappa shape index (κ2) is 4.07. The number of hydrogen-bond acceptors (Lipinski definition) is 2. The van der Waals surface area contributed by atoms with Gasteiger partial charge >= 0.3 is 0 Å². The number of halogens is 1. The number of nitrogens with one attached hydrogen (secondary N) is 1. The van der Waals surface area contributed by atoms with Gasteiger partial charge in [-0.25, -0.2) is 4.39 Å². The van der Waals surface area contributed by atoms with Crippen molar-refractivity contribution in [2.24, 2.45) is 0 Å². The van der Waals surface area contributed by atoms with Crippen molar-refractivity contribution in [3.63, 3.8) is 0 Å². The van der Waals surface area contributed by atoms with Crippen LogP contribution in [0.5, 0.6) is 0 Å². The second-order valence-corrected chi connectivity index (χ2v) is 3.73. The van der Waals surface area contributed by atoms with Crippen LogP contribution in [0.25, 0.3) is 0 Å². The zero-order valence-electron chi connectivity index (χ0n) is 7.91. The number of aliphatic hydroxyl groups is 1. The van der Waals surface area contributed by atoms with Gasteiger partial charge < -0.3 is 10.4 Å². The molecular weight excluding hydrogens is 181 g/mol. The third-order valence-electron chi connectivity index (χ3n) is 2.71. The van der Waals surface area contributed by atoms with Gasteiger partial charge in [-0.15, -0.1) is 0 Å². The lowest BCUT2D eigenvalue weighted by Gasteiger charge is -2.12. The Morgan fingerprint density at radius 1 is 1.43 bits per heavy atom. The van der Waals surface area contributed by atoms with Crippen molar-refractivity contribution in [3.8, 4) is 0 Å². The van der Waals surface area contributed by atoms with E-state index >= 15 is 0 Å². The molecule has 0 aliphatic carbocycles. The van der Waals surface area contributed by atoms with Crippen LogP contribution in [0.15, 0.2) is 24.3 Å². The fourth-order valence-electron chi connectivity index (χ4n) is 1.95. The first-order valence-corrected chi connectivity index (χ1v) is 4.92. The Morgan fingerprint density at radius 2 is 2.29 bits per heavy atom. The van der Waals surface area contributed by atoms with Crippen molar-refractivity contribution in [2.75, 3.05) is 6.61 Å². The molecule has 0 aromatic heterocycles. The SMILES string of the molecule is OC[C@H]1CC[C@@H](c2cccc(F)c2)N1. The zero-order valence-corrected chi connectivity index (χ0v) is 7.91. The largest absolute Gasteiger partial charge is 0.395 e. The predicted molar refractivity (Wildman–Crippen MR) is 52.4 cm³/mol. The summed E-state index contributed by atoms with van der Waals surface area (Å²) in [6.45, 7) is 0.159. The smallest absolute Gasteiger partial charge is 0.123 e. The topological polar surface area (TPSA) is 32.3 Å². The average molecular weight is 195 g/mol. The molecule has 2 N–H and O–H groups in total. The number of rotatable bonds is 2. The summed E-state index contributed by atoms with van der Waals surface area (Å²) in [4.78, 5) is 0. The van der Waals surface area contributed by atoms with Crippen LogP contribution >= 0.6 is 0 Å². The summed E-state index contributed by atoms with van der Waals surface area (Å²) in [5.74, 6) is -0.197. The Bertz CT molecular complexity index is 316. The maximum Gasteiger partial charge on any atom is 0.123 e. The van der Waals surface area contributed by atoms with E-state index in [1.165, 1.54) is 6.07 Å². The molecule has 2 rings (SSSR count). The van der Waals surface area contributed by atoms with E-state index < -0.39 is 0 Å². The van der Waals surface area contributed by atoms with Crippen LogP contribution in [0.1, 0.15) is 24.4 Å². The summed E-state index contributed by atoms with van der Waals surface area (Å²) < 4.78 is 12.9. The van der Waals surface area contributed by atoms with E-state index in [2.05, 4.69) is 5.32 Å². The molecule has 0 saturated carbocycles. The molecule has 3 heteroatoms. The molecule has 1 aromatic carbocycles. The fourth-order valence-corrected chi connectivity index (χ4v) is 1.95. The third kappa shape index (κ3) is 1.94. The van der Waals surface area contributed by atoms with Gasteiger partial charge in [-0.05, 0) is 30.5 Å². The van der Waals surface area contributed by atoms with Crippen molar-refractivity contribution in [1.82, 2.24) is 5.32 Å². The Kier molecular flexibility index (Phi) is 2.79. The van der Waals surface area contributed by atoms with E-state index in [0.717, 1.165) is 18.4 Å². The highest BCUT2D eigenvalue weighted by molar-refractivity contribution is 5.21. The standard InChI is InChI=1S/C11H14FNO/c12-9-3-1-2-8(6-9)11-5-4-10(7-14)13-11/h1-3,6,10-11,13-14H,4-5,7H2/t10-,11+/m1/s1. The van der Waals surface area contributed by atoms with Crippen molar-refractivity contribution >= 4 is 0 Å². The fraction of sp³-hybridized carbons (Fsp3) is 0.455. The first kappa shape index (κ1) is 9.62. The minimum Gasteiger partial charge on any atom is -0.395 e.